The van der Waals surface area contributed by atoms with E-state index >= 15 is 0 Å². The standard InChI is InChI=1S/C22H20N4O4/c27-21(14-1-4-18-19(8-14)30-12-29-18)25-9-13-7-15(11-25)17-3-2-16(20-23-5-6-24-20)22(28)26(17)10-13/h1-6,8,13,15H,7,9-12H2,(H,23,24)/t13-,15+/m0/s1. The second kappa shape index (κ2) is 6.48. The highest BCUT2D eigenvalue weighted by molar-refractivity contribution is 5.95. The van der Waals surface area contributed by atoms with Gasteiger partial charge < -0.3 is 23.9 Å². The smallest absolute Gasteiger partial charge is 0.261 e. The molecule has 2 aromatic heterocycles. The van der Waals surface area contributed by atoms with Gasteiger partial charge in [0.05, 0.1) is 5.56 Å². The third kappa shape index (κ3) is 2.63. The molecule has 152 valence electrons. The average Bonchev–Trinajstić information content (AvgIpc) is 3.45. The summed E-state index contributed by atoms with van der Waals surface area (Å²) in [5.74, 6) is 2.26. The maximum atomic E-state index is 13.2. The number of ether oxygens (including phenoxy) is 2. The first-order valence-electron chi connectivity index (χ1n) is 10.1. The van der Waals surface area contributed by atoms with Crippen LogP contribution in [0.3, 0.4) is 0 Å². The van der Waals surface area contributed by atoms with Crippen LogP contribution < -0.4 is 15.0 Å². The average molecular weight is 404 g/mol. The lowest BCUT2D eigenvalue weighted by Gasteiger charge is -2.43. The van der Waals surface area contributed by atoms with Gasteiger partial charge in [0.25, 0.3) is 11.5 Å². The van der Waals surface area contributed by atoms with Gasteiger partial charge in [0.15, 0.2) is 11.5 Å². The number of pyridine rings is 1. The SMILES string of the molecule is O=C(c1ccc2c(c1)OCO2)N1C[C@@H]2C[C@H](C1)c1ccc(-c3ncc[nH]3)c(=O)n1C2. The zero-order valence-corrected chi connectivity index (χ0v) is 16.2. The fourth-order valence-electron chi connectivity index (χ4n) is 4.92. The van der Waals surface area contributed by atoms with Gasteiger partial charge in [-0.25, -0.2) is 4.98 Å². The monoisotopic (exact) mass is 404 g/mol. The summed E-state index contributed by atoms with van der Waals surface area (Å²) in [5.41, 5.74) is 2.16. The van der Waals surface area contributed by atoms with E-state index in [0.717, 1.165) is 12.1 Å². The van der Waals surface area contributed by atoms with Crippen LogP contribution in [0.5, 0.6) is 11.5 Å². The van der Waals surface area contributed by atoms with E-state index < -0.39 is 0 Å². The van der Waals surface area contributed by atoms with E-state index in [9.17, 15) is 9.59 Å². The Labute approximate surface area is 172 Å². The van der Waals surface area contributed by atoms with Gasteiger partial charge in [-0.2, -0.15) is 0 Å². The van der Waals surface area contributed by atoms with Crippen LogP contribution >= 0.6 is 0 Å². The molecule has 1 saturated heterocycles. The molecule has 0 saturated carbocycles. The highest BCUT2D eigenvalue weighted by atomic mass is 16.7. The molecule has 3 aliphatic rings. The van der Waals surface area contributed by atoms with E-state index in [0.29, 0.717) is 48.1 Å². The molecule has 0 spiro atoms. The molecule has 1 amide bonds. The summed E-state index contributed by atoms with van der Waals surface area (Å²) in [5, 5.41) is 0. The molecule has 0 aliphatic carbocycles. The molecule has 8 heteroatoms. The number of piperidine rings is 1. The Morgan fingerprint density at radius 1 is 1.10 bits per heavy atom. The number of hydrogen-bond donors (Lipinski definition) is 1. The summed E-state index contributed by atoms with van der Waals surface area (Å²) in [4.78, 5) is 35.4. The third-order valence-corrected chi connectivity index (χ3v) is 6.26. The normalized spacial score (nSPS) is 21.4. The lowest BCUT2D eigenvalue weighted by molar-refractivity contribution is 0.0594. The molecule has 2 bridgehead atoms. The summed E-state index contributed by atoms with van der Waals surface area (Å²) in [6, 6.07) is 9.17. The number of hydrogen-bond acceptors (Lipinski definition) is 5. The molecule has 1 fully saturated rings. The molecule has 1 aromatic carbocycles. The van der Waals surface area contributed by atoms with Gasteiger partial charge in [-0.1, -0.05) is 0 Å². The first-order valence-corrected chi connectivity index (χ1v) is 10.1. The van der Waals surface area contributed by atoms with Crippen molar-refractivity contribution < 1.29 is 14.3 Å². The number of aromatic nitrogens is 3. The van der Waals surface area contributed by atoms with E-state index in [1.54, 1.807) is 30.6 Å². The predicted octanol–water partition coefficient (Wildman–Crippen LogP) is 2.23. The Morgan fingerprint density at radius 3 is 2.87 bits per heavy atom. The van der Waals surface area contributed by atoms with Crippen molar-refractivity contribution >= 4 is 5.91 Å². The molecule has 0 unspecified atom stereocenters. The maximum Gasteiger partial charge on any atom is 0.261 e. The largest absolute Gasteiger partial charge is 0.454 e. The second-order valence-electron chi connectivity index (χ2n) is 8.10. The van der Waals surface area contributed by atoms with Crippen molar-refractivity contribution in [2.24, 2.45) is 5.92 Å². The number of fused-ring (bicyclic) bond motifs is 5. The van der Waals surface area contributed by atoms with E-state index in [4.69, 9.17) is 9.47 Å². The summed E-state index contributed by atoms with van der Waals surface area (Å²) in [7, 11) is 0. The molecule has 30 heavy (non-hydrogen) atoms. The third-order valence-electron chi connectivity index (χ3n) is 6.26. The van der Waals surface area contributed by atoms with Gasteiger partial charge in [0.1, 0.15) is 5.82 Å². The van der Waals surface area contributed by atoms with Crippen LogP contribution in [0.1, 0.15) is 28.4 Å². The molecule has 8 nitrogen and oxygen atoms in total. The summed E-state index contributed by atoms with van der Waals surface area (Å²) < 4.78 is 12.6. The van der Waals surface area contributed by atoms with Gasteiger partial charge in [-0.3, -0.25) is 9.59 Å². The van der Waals surface area contributed by atoms with E-state index in [2.05, 4.69) is 9.97 Å². The molecule has 0 radical (unpaired) electrons. The Kier molecular flexibility index (Phi) is 3.74. The quantitative estimate of drug-likeness (QED) is 0.708. The molecule has 3 aromatic rings. The van der Waals surface area contributed by atoms with E-state index in [1.165, 1.54) is 0 Å². The first-order chi connectivity index (χ1) is 14.7. The summed E-state index contributed by atoms with van der Waals surface area (Å²) in [6.07, 6.45) is 4.35. The fraction of sp³-hybridized carbons (Fsp3) is 0.318. The number of imidazole rings is 1. The highest BCUT2D eigenvalue weighted by Gasteiger charge is 2.37. The minimum atomic E-state index is -0.0207. The lowest BCUT2D eigenvalue weighted by atomic mass is 9.82. The molecule has 6 rings (SSSR count). The number of carbonyl (C=O) groups excluding carboxylic acids is 1. The molecular formula is C22H20N4O4. The molecular weight excluding hydrogens is 384 g/mol. The molecule has 3 aliphatic heterocycles. The number of benzene rings is 1. The van der Waals surface area contributed by atoms with Crippen molar-refractivity contribution in [3.63, 3.8) is 0 Å². The van der Waals surface area contributed by atoms with E-state index in [-0.39, 0.29) is 30.1 Å². The van der Waals surface area contributed by atoms with Crippen LogP contribution in [0.25, 0.3) is 11.4 Å². The van der Waals surface area contributed by atoms with Crippen LogP contribution in [0.4, 0.5) is 0 Å². The number of rotatable bonds is 2. The van der Waals surface area contributed by atoms with Crippen LogP contribution in [-0.4, -0.2) is 45.2 Å². The zero-order chi connectivity index (χ0) is 20.2. The molecule has 1 N–H and O–H groups in total. The Balaban J connectivity index is 1.30. The maximum absolute atomic E-state index is 13.2. The topological polar surface area (TPSA) is 89.5 Å². The van der Waals surface area contributed by atoms with Gasteiger partial charge in [0, 0.05) is 49.2 Å². The predicted molar refractivity (Wildman–Crippen MR) is 108 cm³/mol. The Morgan fingerprint density at radius 2 is 2.00 bits per heavy atom. The van der Waals surface area contributed by atoms with Crippen molar-refractivity contribution in [1.29, 1.82) is 0 Å². The van der Waals surface area contributed by atoms with Crippen molar-refractivity contribution in [2.45, 2.75) is 18.9 Å². The highest BCUT2D eigenvalue weighted by Crippen LogP contribution is 2.37. The number of aromatic amines is 1. The number of H-pyrrole nitrogens is 1. The Hall–Kier alpha value is -3.55. The fourth-order valence-corrected chi connectivity index (χ4v) is 4.92. The molecule has 5 heterocycles. The van der Waals surface area contributed by atoms with Gasteiger partial charge >= 0.3 is 0 Å². The lowest BCUT2D eigenvalue weighted by Crippen LogP contribution is -2.49. The van der Waals surface area contributed by atoms with Crippen LogP contribution in [-0.2, 0) is 6.54 Å². The summed E-state index contributed by atoms with van der Waals surface area (Å²) in [6.45, 7) is 2.04. The summed E-state index contributed by atoms with van der Waals surface area (Å²) >= 11 is 0. The van der Waals surface area contributed by atoms with Crippen LogP contribution in [0.2, 0.25) is 0 Å². The van der Waals surface area contributed by atoms with Crippen molar-refractivity contribution in [3.05, 3.63) is 64.3 Å². The second-order valence-corrected chi connectivity index (χ2v) is 8.10. The minimum absolute atomic E-state index is 0.00833. The van der Waals surface area contributed by atoms with Gasteiger partial charge in [-0.05, 0) is 42.7 Å². The van der Waals surface area contributed by atoms with Crippen molar-refractivity contribution in [2.75, 3.05) is 19.9 Å². The first kappa shape index (κ1) is 17.3. The number of carbonyl (C=O) groups is 1. The van der Waals surface area contributed by atoms with Crippen LogP contribution in [0, 0.1) is 5.92 Å². The number of nitrogens with zero attached hydrogens (tertiary/aromatic N) is 3. The number of nitrogens with one attached hydrogen (secondary N) is 1. The number of likely N-dealkylation sites (tertiary alicyclic amines) is 1. The minimum Gasteiger partial charge on any atom is -0.454 e. The van der Waals surface area contributed by atoms with Crippen molar-refractivity contribution in [3.8, 4) is 22.9 Å². The zero-order valence-electron chi connectivity index (χ0n) is 16.2. The van der Waals surface area contributed by atoms with Gasteiger partial charge in [-0.15, -0.1) is 0 Å². The Bertz CT molecular complexity index is 1200. The number of amides is 1. The molecule has 2 atom stereocenters. The van der Waals surface area contributed by atoms with Gasteiger partial charge in [0.2, 0.25) is 6.79 Å². The van der Waals surface area contributed by atoms with E-state index in [1.807, 2.05) is 21.6 Å². The van der Waals surface area contributed by atoms with Crippen LogP contribution in [0.15, 0.2) is 47.5 Å². The van der Waals surface area contributed by atoms with Crippen molar-refractivity contribution in [1.82, 2.24) is 19.4 Å².